The van der Waals surface area contributed by atoms with Gasteiger partial charge in [-0.3, -0.25) is 4.79 Å². The maximum atomic E-state index is 11.9. The van der Waals surface area contributed by atoms with Gasteiger partial charge in [-0.1, -0.05) is 23.8 Å². The lowest BCUT2D eigenvalue weighted by molar-refractivity contribution is 0.0948. The van der Waals surface area contributed by atoms with Crippen LogP contribution in [0.15, 0.2) is 24.3 Å². The molecule has 94 valence electrons. The number of aryl methyl sites for hydroxylation is 1. The summed E-state index contributed by atoms with van der Waals surface area (Å²) in [5.74, 6) is 0.158. The lowest BCUT2D eigenvalue weighted by Crippen LogP contribution is -2.29. The van der Waals surface area contributed by atoms with Gasteiger partial charge >= 0.3 is 0 Å². The molecule has 3 nitrogen and oxygen atoms in total. The van der Waals surface area contributed by atoms with Crippen molar-refractivity contribution in [3.05, 3.63) is 35.4 Å². The van der Waals surface area contributed by atoms with Crippen LogP contribution >= 0.6 is 0 Å². The van der Waals surface area contributed by atoms with Crippen molar-refractivity contribution in [2.75, 3.05) is 20.1 Å². The zero-order valence-electron chi connectivity index (χ0n) is 10.8. The highest BCUT2D eigenvalue weighted by Crippen LogP contribution is 2.07. The number of hydrogen-bond donors (Lipinski definition) is 1. The molecule has 0 saturated carbocycles. The molecule has 0 heterocycles. The van der Waals surface area contributed by atoms with Crippen LogP contribution in [-0.2, 0) is 0 Å². The highest BCUT2D eigenvalue weighted by Gasteiger charge is 2.08. The van der Waals surface area contributed by atoms with E-state index in [1.807, 2.05) is 43.1 Å². The van der Waals surface area contributed by atoms with E-state index in [9.17, 15) is 9.90 Å². The van der Waals surface area contributed by atoms with Crippen LogP contribution in [0.1, 0.15) is 29.3 Å². The summed E-state index contributed by atoms with van der Waals surface area (Å²) >= 11 is 0. The Balaban J connectivity index is 2.45. The van der Waals surface area contributed by atoms with E-state index in [1.165, 1.54) is 0 Å². The van der Waals surface area contributed by atoms with Gasteiger partial charge in [0.25, 0.3) is 0 Å². The molecule has 0 saturated heterocycles. The number of carbonyl (C=O) groups is 1. The minimum atomic E-state index is -0.353. The number of hydrogen-bond acceptors (Lipinski definition) is 3. The monoisotopic (exact) mass is 235 g/mol. The van der Waals surface area contributed by atoms with Gasteiger partial charge in [0.05, 0.1) is 6.10 Å². The first-order valence-electron chi connectivity index (χ1n) is 5.95. The summed E-state index contributed by atoms with van der Waals surface area (Å²) in [7, 11) is 1.91. The van der Waals surface area contributed by atoms with E-state index in [2.05, 4.69) is 0 Å². The van der Waals surface area contributed by atoms with E-state index < -0.39 is 0 Å². The number of aliphatic hydroxyl groups is 1. The molecule has 0 fully saturated rings. The molecule has 0 spiro atoms. The molecule has 1 rings (SSSR count). The molecule has 0 aliphatic heterocycles. The van der Waals surface area contributed by atoms with Crippen molar-refractivity contribution in [2.24, 2.45) is 0 Å². The molecule has 1 N–H and O–H groups in total. The zero-order valence-corrected chi connectivity index (χ0v) is 10.8. The van der Waals surface area contributed by atoms with E-state index in [-0.39, 0.29) is 11.9 Å². The standard InChI is InChI=1S/C14H21NO2/c1-11-5-4-6-13(9-11)14(17)7-8-15(3)10-12(2)16/h4-6,9,12,16H,7-8,10H2,1-3H3. The van der Waals surface area contributed by atoms with Crippen LogP contribution in [0.4, 0.5) is 0 Å². The predicted molar refractivity (Wildman–Crippen MR) is 69.3 cm³/mol. The Hall–Kier alpha value is -1.19. The third-order valence-electron chi connectivity index (χ3n) is 2.64. The number of carbonyl (C=O) groups excluding carboxylic acids is 1. The first kappa shape index (κ1) is 13.9. The van der Waals surface area contributed by atoms with Gasteiger partial charge in [0.1, 0.15) is 0 Å². The van der Waals surface area contributed by atoms with Crippen LogP contribution in [0.3, 0.4) is 0 Å². The van der Waals surface area contributed by atoms with Gasteiger partial charge < -0.3 is 10.0 Å². The number of rotatable bonds is 6. The van der Waals surface area contributed by atoms with Crippen molar-refractivity contribution >= 4 is 5.78 Å². The second-order valence-corrected chi connectivity index (χ2v) is 4.65. The third kappa shape index (κ3) is 5.11. The van der Waals surface area contributed by atoms with Gasteiger partial charge in [0.15, 0.2) is 5.78 Å². The number of ketones is 1. The third-order valence-corrected chi connectivity index (χ3v) is 2.64. The number of benzene rings is 1. The highest BCUT2D eigenvalue weighted by atomic mass is 16.3. The SMILES string of the molecule is Cc1cccc(C(=O)CCN(C)CC(C)O)c1. The molecule has 0 aromatic heterocycles. The van der Waals surface area contributed by atoms with Crippen molar-refractivity contribution < 1.29 is 9.90 Å². The Morgan fingerprint density at radius 2 is 2.18 bits per heavy atom. The van der Waals surface area contributed by atoms with Gasteiger partial charge in [-0.15, -0.1) is 0 Å². The number of Topliss-reactive ketones (excluding diaryl/α,β-unsaturated/α-hetero) is 1. The molecule has 17 heavy (non-hydrogen) atoms. The van der Waals surface area contributed by atoms with Crippen molar-refractivity contribution in [1.29, 1.82) is 0 Å². The molecule has 0 amide bonds. The summed E-state index contributed by atoms with van der Waals surface area (Å²) in [4.78, 5) is 13.9. The molecular weight excluding hydrogens is 214 g/mol. The maximum Gasteiger partial charge on any atom is 0.164 e. The van der Waals surface area contributed by atoms with Crippen molar-refractivity contribution in [2.45, 2.75) is 26.4 Å². The molecule has 0 bridgehead atoms. The zero-order chi connectivity index (χ0) is 12.8. The van der Waals surface area contributed by atoms with E-state index in [1.54, 1.807) is 6.92 Å². The number of nitrogens with zero attached hydrogens (tertiary/aromatic N) is 1. The molecule has 0 radical (unpaired) electrons. The van der Waals surface area contributed by atoms with Crippen LogP contribution < -0.4 is 0 Å². The summed E-state index contributed by atoms with van der Waals surface area (Å²) in [6.45, 7) is 5.01. The smallest absolute Gasteiger partial charge is 0.164 e. The topological polar surface area (TPSA) is 40.5 Å². The predicted octanol–water partition coefficient (Wildman–Crippen LogP) is 1.88. The molecule has 0 aliphatic carbocycles. The molecule has 1 aromatic rings. The molecule has 1 atom stereocenters. The van der Waals surface area contributed by atoms with Crippen LogP contribution in [0.2, 0.25) is 0 Å². The van der Waals surface area contributed by atoms with Crippen LogP contribution in [0.25, 0.3) is 0 Å². The second kappa shape index (κ2) is 6.52. The lowest BCUT2D eigenvalue weighted by Gasteiger charge is -2.17. The fraction of sp³-hybridized carbons (Fsp3) is 0.500. The molecule has 1 unspecified atom stereocenters. The summed E-state index contributed by atoms with van der Waals surface area (Å²) in [6, 6.07) is 7.65. The van der Waals surface area contributed by atoms with Crippen molar-refractivity contribution in [1.82, 2.24) is 4.90 Å². The van der Waals surface area contributed by atoms with E-state index in [4.69, 9.17) is 0 Å². The number of likely N-dealkylation sites (N-methyl/N-ethyl adjacent to an activating group) is 1. The Morgan fingerprint density at radius 1 is 1.47 bits per heavy atom. The van der Waals surface area contributed by atoms with Gasteiger partial charge in [0.2, 0.25) is 0 Å². The van der Waals surface area contributed by atoms with Gasteiger partial charge in [-0.2, -0.15) is 0 Å². The maximum absolute atomic E-state index is 11.9. The van der Waals surface area contributed by atoms with Gasteiger partial charge in [0, 0.05) is 25.1 Å². The van der Waals surface area contributed by atoms with E-state index in [0.29, 0.717) is 19.5 Å². The van der Waals surface area contributed by atoms with Crippen LogP contribution in [0, 0.1) is 6.92 Å². The van der Waals surface area contributed by atoms with Gasteiger partial charge in [-0.05, 0) is 27.0 Å². The second-order valence-electron chi connectivity index (χ2n) is 4.65. The quantitative estimate of drug-likeness (QED) is 0.765. The largest absolute Gasteiger partial charge is 0.392 e. The Morgan fingerprint density at radius 3 is 2.76 bits per heavy atom. The van der Waals surface area contributed by atoms with Crippen molar-refractivity contribution in [3.63, 3.8) is 0 Å². The molecule has 1 aromatic carbocycles. The Kier molecular flexibility index (Phi) is 5.32. The fourth-order valence-electron chi connectivity index (χ4n) is 1.80. The Bertz CT molecular complexity index is 374. The lowest BCUT2D eigenvalue weighted by atomic mass is 10.1. The minimum absolute atomic E-state index is 0.158. The van der Waals surface area contributed by atoms with Crippen molar-refractivity contribution in [3.8, 4) is 0 Å². The van der Waals surface area contributed by atoms with Gasteiger partial charge in [-0.25, -0.2) is 0 Å². The highest BCUT2D eigenvalue weighted by molar-refractivity contribution is 5.96. The molecule has 3 heteroatoms. The average molecular weight is 235 g/mol. The summed E-state index contributed by atoms with van der Waals surface area (Å²) in [6.07, 6.45) is 0.140. The Labute approximate surface area is 103 Å². The van der Waals surface area contributed by atoms with Crippen LogP contribution in [-0.4, -0.2) is 42.0 Å². The summed E-state index contributed by atoms with van der Waals surface area (Å²) in [5, 5.41) is 9.21. The number of aliphatic hydroxyl groups excluding tert-OH is 1. The average Bonchev–Trinajstić information content (AvgIpc) is 2.25. The summed E-state index contributed by atoms with van der Waals surface area (Å²) < 4.78 is 0. The fourth-order valence-corrected chi connectivity index (χ4v) is 1.80. The first-order valence-corrected chi connectivity index (χ1v) is 5.95. The minimum Gasteiger partial charge on any atom is -0.392 e. The van der Waals surface area contributed by atoms with E-state index in [0.717, 1.165) is 11.1 Å². The first-order chi connectivity index (χ1) is 7.99. The van der Waals surface area contributed by atoms with Crippen LogP contribution in [0.5, 0.6) is 0 Å². The van der Waals surface area contributed by atoms with E-state index >= 15 is 0 Å². The normalized spacial score (nSPS) is 12.8. The molecular formula is C14H21NO2. The summed E-state index contributed by atoms with van der Waals surface area (Å²) in [5.41, 5.74) is 1.88. The molecule has 0 aliphatic rings.